The molecule has 0 fully saturated rings. The zero-order valence-corrected chi connectivity index (χ0v) is 21.7. The predicted octanol–water partition coefficient (Wildman–Crippen LogP) is -3.94. The van der Waals surface area contributed by atoms with Crippen LogP contribution in [0.15, 0.2) is 0 Å². The van der Waals surface area contributed by atoms with E-state index in [-0.39, 0.29) is 0 Å². The third kappa shape index (κ3) is 20.6. The minimum atomic E-state index is 0.676. The van der Waals surface area contributed by atoms with Gasteiger partial charge in [0.25, 0.3) is 0 Å². The molecule has 11 nitrogen and oxygen atoms in total. The lowest BCUT2D eigenvalue weighted by Crippen LogP contribution is -2.46. The molecule has 0 unspecified atom stereocenters. The van der Waals surface area contributed by atoms with Crippen LogP contribution in [0.4, 0.5) is 0 Å². The van der Waals surface area contributed by atoms with Gasteiger partial charge in [0.15, 0.2) is 0 Å². The molecule has 0 aromatic carbocycles. The summed E-state index contributed by atoms with van der Waals surface area (Å²) >= 11 is 0. The second kappa shape index (κ2) is 24.7. The third-order valence-electron chi connectivity index (χ3n) is 5.75. The summed E-state index contributed by atoms with van der Waals surface area (Å²) in [6.45, 7) is 18.6. The predicted molar refractivity (Wildman–Crippen MR) is 143 cm³/mol. The molecule has 0 heterocycles. The van der Waals surface area contributed by atoms with Crippen molar-refractivity contribution in [2.24, 2.45) is 22.9 Å². The average Bonchev–Trinajstić information content (AvgIpc) is 2.80. The first kappa shape index (κ1) is 32.6. The summed E-state index contributed by atoms with van der Waals surface area (Å²) in [4.78, 5) is 9.72. The van der Waals surface area contributed by atoms with Crippen molar-refractivity contribution < 1.29 is 0 Å². The molecule has 0 aliphatic rings. The molecule has 0 aliphatic heterocycles. The Balaban J connectivity index is 4.56. The molecule has 0 amide bonds. The Kier molecular flexibility index (Phi) is 24.3. The second-order valence-corrected chi connectivity index (χ2v) is 8.59. The minimum absolute atomic E-state index is 0.676. The van der Waals surface area contributed by atoms with Crippen LogP contribution in [0.25, 0.3) is 0 Å². The lowest BCUT2D eigenvalue weighted by molar-refractivity contribution is 0.178. The maximum absolute atomic E-state index is 5.77. The quantitative estimate of drug-likeness (QED) is 0.0614. The Hall–Kier alpha value is -0.440. The van der Waals surface area contributed by atoms with Crippen LogP contribution >= 0.6 is 0 Å². The van der Waals surface area contributed by atoms with Crippen LogP contribution in [-0.4, -0.2) is 165 Å². The number of hydrogen-bond donors (Lipinski definition) is 7. The van der Waals surface area contributed by atoms with Crippen molar-refractivity contribution in [1.29, 1.82) is 0 Å². The summed E-state index contributed by atoms with van der Waals surface area (Å²) in [6.07, 6.45) is 0. The van der Waals surface area contributed by atoms with E-state index in [1.807, 2.05) is 7.05 Å². The molecule has 11 heteroatoms. The van der Waals surface area contributed by atoms with Gasteiger partial charge >= 0.3 is 0 Å². The summed E-state index contributed by atoms with van der Waals surface area (Å²) in [5.74, 6) is 0. The van der Waals surface area contributed by atoms with Crippen molar-refractivity contribution in [3.8, 4) is 0 Å². The van der Waals surface area contributed by atoms with Crippen LogP contribution in [0, 0.1) is 0 Å². The number of rotatable bonds is 26. The van der Waals surface area contributed by atoms with E-state index < -0.39 is 0 Å². The van der Waals surface area contributed by atoms with E-state index in [9.17, 15) is 0 Å². The van der Waals surface area contributed by atoms with Gasteiger partial charge in [-0.2, -0.15) is 0 Å². The molecular weight excluding hydrogens is 418 g/mol. The molecule has 33 heavy (non-hydrogen) atoms. The van der Waals surface area contributed by atoms with E-state index in [2.05, 4.69) is 42.6 Å². The Morgan fingerprint density at radius 3 is 1.36 bits per heavy atom. The first-order valence-corrected chi connectivity index (χ1v) is 12.8. The smallest absolute Gasteiger partial charge is 0.0110 e. The van der Waals surface area contributed by atoms with Crippen LogP contribution in [-0.2, 0) is 0 Å². The summed E-state index contributed by atoms with van der Waals surface area (Å²) in [5, 5.41) is 10.3. The third-order valence-corrected chi connectivity index (χ3v) is 5.75. The Bertz CT molecular complexity index is 383. The maximum Gasteiger partial charge on any atom is 0.0110 e. The molecule has 0 atom stereocenters. The molecule has 0 bridgehead atoms. The molecule has 0 aliphatic carbocycles. The monoisotopic (exact) mass is 475 g/mol. The van der Waals surface area contributed by atoms with Crippen molar-refractivity contribution in [3.05, 3.63) is 0 Å². The van der Waals surface area contributed by atoms with Gasteiger partial charge in [0.2, 0.25) is 0 Å². The Labute approximate surface area is 203 Å². The van der Waals surface area contributed by atoms with Crippen molar-refractivity contribution >= 4 is 0 Å². The van der Waals surface area contributed by atoms with Gasteiger partial charge in [-0.3, -0.25) is 14.7 Å². The van der Waals surface area contributed by atoms with Gasteiger partial charge in [0.1, 0.15) is 0 Å². The second-order valence-electron chi connectivity index (χ2n) is 8.59. The Morgan fingerprint density at radius 1 is 0.455 bits per heavy atom. The zero-order chi connectivity index (χ0) is 24.6. The van der Waals surface area contributed by atoms with Gasteiger partial charge in [-0.15, -0.1) is 0 Å². The van der Waals surface area contributed by atoms with Gasteiger partial charge < -0.3 is 43.8 Å². The molecule has 0 saturated heterocycles. The van der Waals surface area contributed by atoms with Gasteiger partial charge in [0.05, 0.1) is 0 Å². The molecule has 200 valence electrons. The van der Waals surface area contributed by atoms with E-state index in [1.165, 1.54) is 0 Å². The van der Waals surface area contributed by atoms with Gasteiger partial charge in [-0.25, -0.2) is 0 Å². The van der Waals surface area contributed by atoms with Crippen molar-refractivity contribution in [3.63, 3.8) is 0 Å². The highest BCUT2D eigenvalue weighted by Crippen LogP contribution is 1.95. The summed E-state index contributed by atoms with van der Waals surface area (Å²) in [7, 11) is 4.13. The highest BCUT2D eigenvalue weighted by molar-refractivity contribution is 4.70. The first-order chi connectivity index (χ1) is 16.1. The number of nitrogens with two attached hydrogens (primary N) is 4. The molecule has 11 N–H and O–H groups in total. The number of hydrogen-bond acceptors (Lipinski definition) is 11. The fourth-order valence-electron chi connectivity index (χ4n) is 3.64. The summed E-state index contributed by atoms with van der Waals surface area (Å²) in [5.41, 5.74) is 22.8. The molecular formula is C22H57N11. The molecule has 0 saturated carbocycles. The van der Waals surface area contributed by atoms with Crippen molar-refractivity contribution in [2.75, 3.05) is 145 Å². The largest absolute Gasteiger partial charge is 0.329 e. The highest BCUT2D eigenvalue weighted by atomic mass is 15.2. The normalized spacial score (nSPS) is 12.2. The average molecular weight is 476 g/mol. The minimum Gasteiger partial charge on any atom is -0.329 e. The fraction of sp³-hybridized carbons (Fsp3) is 1.00. The van der Waals surface area contributed by atoms with Gasteiger partial charge in [-0.05, 0) is 14.1 Å². The highest BCUT2D eigenvalue weighted by Gasteiger charge is 2.11. The fourth-order valence-corrected chi connectivity index (χ4v) is 3.64. The standard InChI is InChI=1S/C22H57N11/c1-27-8-16-33(21-19-31(13-5-25)14-6-26)22-20-32(17-10-28-7-3-23)18-11-29-9-15-30(2)12-4-24/h27-29H,3-26H2,1-2H3. The molecule has 0 aromatic rings. The zero-order valence-electron chi connectivity index (χ0n) is 21.7. The SMILES string of the molecule is CNCCN(CCN(CCN)CCN)CCN(CCNCCN)CCNCCN(C)CCN. The first-order valence-electron chi connectivity index (χ1n) is 12.8. The Morgan fingerprint density at radius 2 is 0.879 bits per heavy atom. The van der Waals surface area contributed by atoms with E-state index in [1.54, 1.807) is 0 Å². The summed E-state index contributed by atoms with van der Waals surface area (Å²) in [6, 6.07) is 0. The van der Waals surface area contributed by atoms with E-state index in [4.69, 9.17) is 22.9 Å². The van der Waals surface area contributed by atoms with E-state index in [0.29, 0.717) is 26.2 Å². The number of nitrogens with zero attached hydrogens (tertiary/aromatic N) is 4. The summed E-state index contributed by atoms with van der Waals surface area (Å²) < 4.78 is 0. The van der Waals surface area contributed by atoms with Gasteiger partial charge in [0, 0.05) is 131 Å². The van der Waals surface area contributed by atoms with Crippen LogP contribution < -0.4 is 38.9 Å². The van der Waals surface area contributed by atoms with E-state index in [0.717, 1.165) is 105 Å². The van der Waals surface area contributed by atoms with Crippen LogP contribution in [0.3, 0.4) is 0 Å². The maximum atomic E-state index is 5.77. The van der Waals surface area contributed by atoms with Crippen LogP contribution in [0.5, 0.6) is 0 Å². The van der Waals surface area contributed by atoms with Gasteiger partial charge in [-0.1, -0.05) is 0 Å². The van der Waals surface area contributed by atoms with Crippen molar-refractivity contribution in [2.45, 2.75) is 0 Å². The van der Waals surface area contributed by atoms with Crippen LogP contribution in [0.2, 0.25) is 0 Å². The van der Waals surface area contributed by atoms with Crippen molar-refractivity contribution in [1.82, 2.24) is 35.6 Å². The molecule has 0 aromatic heterocycles. The topological polar surface area (TPSA) is 153 Å². The molecule has 0 spiro atoms. The number of likely N-dealkylation sites (N-methyl/N-ethyl adjacent to an activating group) is 2. The lowest BCUT2D eigenvalue weighted by atomic mass is 10.3. The number of nitrogens with one attached hydrogen (secondary N) is 3. The van der Waals surface area contributed by atoms with Crippen LogP contribution in [0.1, 0.15) is 0 Å². The molecule has 0 radical (unpaired) electrons. The molecule has 0 rings (SSSR count). The van der Waals surface area contributed by atoms with E-state index >= 15 is 0 Å². The lowest BCUT2D eigenvalue weighted by Gasteiger charge is -2.30.